The lowest BCUT2D eigenvalue weighted by Gasteiger charge is -2.31. The van der Waals surface area contributed by atoms with E-state index in [9.17, 15) is 14.7 Å². The molecule has 1 atom stereocenters. The highest BCUT2D eigenvalue weighted by molar-refractivity contribution is 14.1. The quantitative estimate of drug-likeness (QED) is 0.351. The molecule has 7 nitrogen and oxygen atoms in total. The van der Waals surface area contributed by atoms with Crippen molar-refractivity contribution in [3.05, 3.63) is 73.4 Å². The highest BCUT2D eigenvalue weighted by atomic mass is 127. The lowest BCUT2D eigenvalue weighted by Crippen LogP contribution is -2.59. The monoisotopic (exact) mass is 669 g/mol. The zero-order valence-corrected chi connectivity index (χ0v) is 21.8. The van der Waals surface area contributed by atoms with Gasteiger partial charge in [0.25, 0.3) is 0 Å². The molecule has 1 amide bonds. The van der Waals surface area contributed by atoms with Crippen molar-refractivity contribution in [2.75, 3.05) is 6.61 Å². The van der Waals surface area contributed by atoms with Crippen LogP contribution in [0.3, 0.4) is 0 Å². The van der Waals surface area contributed by atoms with E-state index in [-0.39, 0.29) is 25.0 Å². The molecule has 1 aromatic heterocycles. The maximum absolute atomic E-state index is 12.9. The van der Waals surface area contributed by atoms with E-state index in [2.05, 4.69) is 79.7 Å². The first-order valence-electron chi connectivity index (χ1n) is 10.6. The number of fused-ring (bicyclic) bond motifs is 3. The number of ether oxygens (including phenoxy) is 1. The Morgan fingerprint density at radius 3 is 2.21 bits per heavy atom. The highest BCUT2D eigenvalue weighted by Gasteiger charge is 2.53. The van der Waals surface area contributed by atoms with Crippen molar-refractivity contribution in [3.63, 3.8) is 0 Å². The third-order valence-electron chi connectivity index (χ3n) is 6.48. The minimum absolute atomic E-state index is 0.0838. The third-order valence-corrected chi connectivity index (χ3v) is 9.43. The van der Waals surface area contributed by atoms with Gasteiger partial charge in [-0.2, -0.15) is 0 Å². The predicted octanol–water partition coefficient (Wildman–Crippen LogP) is 4.86. The molecule has 1 heterocycles. The van der Waals surface area contributed by atoms with E-state index in [0.29, 0.717) is 0 Å². The fourth-order valence-electron chi connectivity index (χ4n) is 4.68. The highest BCUT2D eigenvalue weighted by Crippen LogP contribution is 2.45. The summed E-state index contributed by atoms with van der Waals surface area (Å²) in [4.78, 5) is 29.6. The summed E-state index contributed by atoms with van der Waals surface area (Å²) in [5, 5.41) is 12.9. The van der Waals surface area contributed by atoms with Crippen LogP contribution in [0.5, 0.6) is 0 Å². The van der Waals surface area contributed by atoms with Crippen LogP contribution in [0, 0.1) is 13.3 Å². The number of carboxylic acid groups (broad SMARTS) is 1. The number of hydrogen-bond donors (Lipinski definition) is 2. The van der Waals surface area contributed by atoms with Crippen LogP contribution in [0.25, 0.3) is 11.1 Å². The molecule has 3 aromatic rings. The summed E-state index contributed by atoms with van der Waals surface area (Å²) < 4.78 is 9.07. The molecule has 2 aliphatic rings. The van der Waals surface area contributed by atoms with Crippen LogP contribution < -0.4 is 5.32 Å². The summed E-state index contributed by atoms with van der Waals surface area (Å²) in [5.41, 5.74) is 3.07. The summed E-state index contributed by atoms with van der Waals surface area (Å²) in [5.74, 6) is -1.29. The largest absolute Gasteiger partial charge is 0.479 e. The average molecular weight is 669 g/mol. The number of carbonyl (C=O) groups excluding carboxylic acids is 1. The molecule has 0 spiro atoms. The predicted molar refractivity (Wildman–Crippen MR) is 139 cm³/mol. The van der Waals surface area contributed by atoms with Gasteiger partial charge >= 0.3 is 12.1 Å². The number of alkyl carbamates (subject to hydrolysis) is 1. The second kappa shape index (κ2) is 8.90. The fraction of sp³-hybridized carbons (Fsp3) is 0.292. The van der Waals surface area contributed by atoms with Crippen LogP contribution in [0.1, 0.15) is 29.9 Å². The number of amides is 1. The number of hydrogen-bond acceptors (Lipinski definition) is 4. The van der Waals surface area contributed by atoms with Gasteiger partial charge in [-0.15, -0.1) is 0 Å². The number of halogens is 2. The Balaban J connectivity index is 1.35. The van der Waals surface area contributed by atoms with Crippen molar-refractivity contribution >= 4 is 57.2 Å². The molecule has 0 aliphatic heterocycles. The number of aliphatic carboxylic acids is 1. The summed E-state index contributed by atoms with van der Waals surface area (Å²) in [6.45, 7) is 0.242. The summed E-state index contributed by atoms with van der Waals surface area (Å²) in [7, 11) is 0. The molecule has 5 rings (SSSR count). The second-order valence-corrected chi connectivity index (χ2v) is 10.5. The number of carboxylic acids is 1. The minimum atomic E-state index is -1.44. The third kappa shape index (κ3) is 4.13. The van der Waals surface area contributed by atoms with Gasteiger partial charge in [0.2, 0.25) is 0 Å². The molecule has 0 bridgehead atoms. The summed E-state index contributed by atoms with van der Waals surface area (Å²) in [6, 6.07) is 16.2. The number of imidazole rings is 1. The topological polar surface area (TPSA) is 93.5 Å². The van der Waals surface area contributed by atoms with E-state index in [1.165, 1.54) is 0 Å². The van der Waals surface area contributed by atoms with Gasteiger partial charge in [-0.1, -0.05) is 48.5 Å². The first-order chi connectivity index (χ1) is 15.9. The van der Waals surface area contributed by atoms with Crippen molar-refractivity contribution < 1.29 is 19.4 Å². The van der Waals surface area contributed by atoms with Gasteiger partial charge in [-0.3, -0.25) is 0 Å². The number of rotatable bonds is 7. The lowest BCUT2D eigenvalue weighted by atomic mass is 9.93. The molecule has 2 aliphatic carbocycles. The summed E-state index contributed by atoms with van der Waals surface area (Å²) >= 11 is 4.25. The average Bonchev–Trinajstić information content (AvgIpc) is 3.56. The first-order valence-corrected chi connectivity index (χ1v) is 12.8. The van der Waals surface area contributed by atoms with Crippen LogP contribution in [-0.2, 0) is 16.1 Å². The Labute approximate surface area is 218 Å². The molecule has 1 fully saturated rings. The fourth-order valence-corrected chi connectivity index (χ4v) is 5.55. The van der Waals surface area contributed by atoms with Crippen molar-refractivity contribution in [1.82, 2.24) is 14.9 Å². The molecule has 9 heteroatoms. The maximum atomic E-state index is 12.9. The zero-order valence-electron chi connectivity index (χ0n) is 17.5. The van der Waals surface area contributed by atoms with Gasteiger partial charge in [0.1, 0.15) is 14.0 Å². The molecule has 0 radical (unpaired) electrons. The first kappa shape index (κ1) is 22.6. The molecule has 1 saturated carbocycles. The maximum Gasteiger partial charge on any atom is 0.408 e. The van der Waals surface area contributed by atoms with Gasteiger partial charge < -0.3 is 19.7 Å². The van der Waals surface area contributed by atoms with E-state index >= 15 is 0 Å². The van der Waals surface area contributed by atoms with Crippen LogP contribution in [-0.4, -0.2) is 38.9 Å². The van der Waals surface area contributed by atoms with E-state index in [1.54, 1.807) is 10.9 Å². The van der Waals surface area contributed by atoms with Gasteiger partial charge in [0, 0.05) is 5.92 Å². The Bertz CT molecular complexity index is 1190. The Morgan fingerprint density at radius 1 is 1.09 bits per heavy atom. The molecule has 2 aromatic carbocycles. The van der Waals surface area contributed by atoms with Gasteiger partial charge in [-0.05, 0) is 86.2 Å². The molecule has 2 N–H and O–H groups in total. The number of aromatic nitrogens is 2. The van der Waals surface area contributed by atoms with Crippen LogP contribution >= 0.6 is 45.2 Å². The molecule has 0 saturated heterocycles. The van der Waals surface area contributed by atoms with Crippen LogP contribution in [0.2, 0.25) is 0 Å². The SMILES string of the molecule is O=C(NC(Cn1cnc(I)c1I)(C(=O)O)C1CC1)OCC1c2ccccc2-c2ccccc21. The van der Waals surface area contributed by atoms with Crippen molar-refractivity contribution in [1.29, 1.82) is 0 Å². The van der Waals surface area contributed by atoms with Gasteiger partial charge in [0.05, 0.1) is 12.9 Å². The van der Waals surface area contributed by atoms with E-state index in [1.807, 2.05) is 24.3 Å². The summed E-state index contributed by atoms with van der Waals surface area (Å²) in [6.07, 6.45) is 2.40. The molecular weight excluding hydrogens is 648 g/mol. The number of nitrogens with zero attached hydrogens (tertiary/aromatic N) is 2. The number of nitrogens with one attached hydrogen (secondary N) is 1. The van der Waals surface area contributed by atoms with Crippen molar-refractivity contribution in [2.24, 2.45) is 5.92 Å². The Hall–Kier alpha value is -2.15. The standard InChI is InChI=1S/C24H21I2N3O4/c25-20-21(26)29(13-27-20)12-24(22(30)31,14-9-10-14)28-23(32)33-11-19-17-7-3-1-5-15(17)16-6-2-4-8-18(16)19/h1-8,13-14,19H,9-12H2,(H,28,32)(H,30,31). The minimum Gasteiger partial charge on any atom is -0.479 e. The zero-order chi connectivity index (χ0) is 23.2. The van der Waals surface area contributed by atoms with Crippen LogP contribution in [0.15, 0.2) is 54.9 Å². The van der Waals surface area contributed by atoms with Crippen molar-refractivity contribution in [2.45, 2.75) is 30.8 Å². The Morgan fingerprint density at radius 2 is 1.70 bits per heavy atom. The molecule has 170 valence electrons. The van der Waals surface area contributed by atoms with Crippen molar-refractivity contribution in [3.8, 4) is 11.1 Å². The smallest absolute Gasteiger partial charge is 0.408 e. The molecular formula is C24H21I2N3O4. The Kier molecular flexibility index (Phi) is 6.10. The van der Waals surface area contributed by atoms with Gasteiger partial charge in [-0.25, -0.2) is 14.6 Å². The second-order valence-electron chi connectivity index (χ2n) is 8.46. The molecule has 1 unspecified atom stereocenters. The van der Waals surface area contributed by atoms with E-state index < -0.39 is 17.6 Å². The van der Waals surface area contributed by atoms with E-state index in [4.69, 9.17) is 4.74 Å². The number of carbonyl (C=O) groups is 2. The molecule has 33 heavy (non-hydrogen) atoms. The van der Waals surface area contributed by atoms with Crippen LogP contribution in [0.4, 0.5) is 4.79 Å². The number of benzene rings is 2. The van der Waals surface area contributed by atoms with Gasteiger partial charge in [0.15, 0.2) is 5.54 Å². The van der Waals surface area contributed by atoms with E-state index in [0.717, 1.165) is 42.5 Å². The lowest BCUT2D eigenvalue weighted by molar-refractivity contribution is -0.146. The normalized spacial score (nSPS) is 16.5.